The second-order valence-electron chi connectivity index (χ2n) is 2.23. The van der Waals surface area contributed by atoms with Crippen molar-refractivity contribution in [3.05, 3.63) is 29.8 Å². The number of terminal acetylenes is 1. The van der Waals surface area contributed by atoms with E-state index in [4.69, 9.17) is 10.6 Å². The van der Waals surface area contributed by atoms with E-state index in [1.165, 1.54) is 0 Å². The number of hydrogen-bond donors (Lipinski definition) is 2. The molecule has 0 bridgehead atoms. The summed E-state index contributed by atoms with van der Waals surface area (Å²) in [5.41, 5.74) is 3.70. The molecule has 0 atom stereocenters. The van der Waals surface area contributed by atoms with Gasteiger partial charge in [0.2, 0.25) is 0 Å². The van der Waals surface area contributed by atoms with Gasteiger partial charge in [0, 0.05) is 6.54 Å². The van der Waals surface area contributed by atoms with Crippen LogP contribution in [0.4, 0.5) is 0 Å². The van der Waals surface area contributed by atoms with Gasteiger partial charge < -0.3 is 4.74 Å². The lowest BCUT2D eigenvalue weighted by Gasteiger charge is -2.02. The fourth-order valence-corrected chi connectivity index (χ4v) is 0.900. The summed E-state index contributed by atoms with van der Waals surface area (Å²) in [5.74, 6) is 6.02. The summed E-state index contributed by atoms with van der Waals surface area (Å²) in [7, 11) is 1.65. The topological polar surface area (TPSA) is 47.3 Å². The fraction of sp³-hybridized carbons (Fsp3) is 0.200. The van der Waals surface area contributed by atoms with E-state index in [1.807, 2.05) is 24.3 Å². The summed E-state index contributed by atoms with van der Waals surface area (Å²) in [6.45, 7) is 0.664. The van der Waals surface area contributed by atoms with Crippen molar-refractivity contribution in [3.8, 4) is 18.6 Å². The molecule has 1 aromatic carbocycles. The van der Waals surface area contributed by atoms with Crippen LogP contribution in [0, 0.1) is 12.8 Å². The Morgan fingerprint density at radius 1 is 1.46 bits per heavy atom. The molecule has 3 nitrogen and oxygen atoms in total. The third-order valence-electron chi connectivity index (χ3n) is 1.44. The quantitative estimate of drug-likeness (QED) is 0.411. The molecule has 0 amide bonds. The molecule has 1 aromatic rings. The first kappa shape index (κ1) is 11.5. The number of benzene rings is 1. The molecule has 13 heavy (non-hydrogen) atoms. The summed E-state index contributed by atoms with van der Waals surface area (Å²) in [6.07, 6.45) is 8.00. The zero-order valence-corrected chi connectivity index (χ0v) is 7.66. The van der Waals surface area contributed by atoms with Crippen molar-refractivity contribution in [3.63, 3.8) is 0 Å². The van der Waals surface area contributed by atoms with Crippen LogP contribution in [-0.2, 0) is 6.54 Å². The van der Waals surface area contributed by atoms with E-state index in [0.717, 1.165) is 11.3 Å². The maximum Gasteiger partial charge on any atom is 0.119 e. The highest BCUT2D eigenvalue weighted by molar-refractivity contribution is 5.28. The van der Waals surface area contributed by atoms with Gasteiger partial charge in [-0.3, -0.25) is 11.3 Å². The molecule has 70 valence electrons. The summed E-state index contributed by atoms with van der Waals surface area (Å²) >= 11 is 0. The number of hydrogen-bond acceptors (Lipinski definition) is 3. The molecule has 0 aliphatic carbocycles. The van der Waals surface area contributed by atoms with Crippen molar-refractivity contribution in [2.24, 2.45) is 5.84 Å². The van der Waals surface area contributed by atoms with Gasteiger partial charge in [0.1, 0.15) is 5.75 Å². The van der Waals surface area contributed by atoms with Crippen LogP contribution in [-0.4, -0.2) is 7.11 Å². The maximum atomic E-state index is 5.16. The highest BCUT2D eigenvalue weighted by Crippen LogP contribution is 2.11. The van der Waals surface area contributed by atoms with Crippen molar-refractivity contribution in [2.75, 3.05) is 7.11 Å². The third-order valence-corrected chi connectivity index (χ3v) is 1.44. The molecule has 1 rings (SSSR count). The number of rotatable bonds is 3. The van der Waals surface area contributed by atoms with Crippen LogP contribution < -0.4 is 16.0 Å². The first-order valence-electron chi connectivity index (χ1n) is 3.76. The van der Waals surface area contributed by atoms with Crippen LogP contribution in [0.3, 0.4) is 0 Å². The molecule has 3 heteroatoms. The Bertz CT molecular complexity index is 258. The SMILES string of the molecule is C#C.COc1cccc(CNN)c1. The number of ether oxygens (including phenoxy) is 1. The Morgan fingerprint density at radius 3 is 2.69 bits per heavy atom. The van der Waals surface area contributed by atoms with E-state index in [9.17, 15) is 0 Å². The molecule has 0 saturated carbocycles. The van der Waals surface area contributed by atoms with Crippen molar-refractivity contribution >= 4 is 0 Å². The highest BCUT2D eigenvalue weighted by atomic mass is 16.5. The van der Waals surface area contributed by atoms with Gasteiger partial charge in [0.25, 0.3) is 0 Å². The van der Waals surface area contributed by atoms with Gasteiger partial charge in [0.15, 0.2) is 0 Å². The van der Waals surface area contributed by atoms with Crippen molar-refractivity contribution in [2.45, 2.75) is 6.54 Å². The first-order chi connectivity index (χ1) is 6.36. The van der Waals surface area contributed by atoms with Gasteiger partial charge in [-0.25, -0.2) is 0 Å². The molecule has 0 aliphatic heterocycles. The molecule has 0 unspecified atom stereocenters. The van der Waals surface area contributed by atoms with Gasteiger partial charge in [-0.2, -0.15) is 0 Å². The molecule has 0 heterocycles. The molecule has 0 aromatic heterocycles. The molecular weight excluding hydrogens is 164 g/mol. The number of nitrogens with two attached hydrogens (primary N) is 1. The van der Waals surface area contributed by atoms with E-state index in [0.29, 0.717) is 6.54 Å². The predicted octanol–water partition coefficient (Wildman–Crippen LogP) is 0.908. The Morgan fingerprint density at radius 2 is 2.15 bits per heavy atom. The predicted molar refractivity (Wildman–Crippen MR) is 53.9 cm³/mol. The van der Waals surface area contributed by atoms with Crippen LogP contribution in [0.5, 0.6) is 5.75 Å². The molecule has 0 fully saturated rings. The Hall–Kier alpha value is -1.50. The first-order valence-corrected chi connectivity index (χ1v) is 3.76. The second-order valence-corrected chi connectivity index (χ2v) is 2.23. The van der Waals surface area contributed by atoms with Crippen LogP contribution in [0.25, 0.3) is 0 Å². The zero-order chi connectivity index (χ0) is 10.1. The van der Waals surface area contributed by atoms with Crippen LogP contribution in [0.15, 0.2) is 24.3 Å². The van der Waals surface area contributed by atoms with Crippen LogP contribution in [0.2, 0.25) is 0 Å². The highest BCUT2D eigenvalue weighted by Gasteiger charge is 1.92. The Balaban J connectivity index is 0.000000671. The monoisotopic (exact) mass is 178 g/mol. The molecular formula is C10H14N2O. The summed E-state index contributed by atoms with van der Waals surface area (Å²) in [4.78, 5) is 0. The minimum Gasteiger partial charge on any atom is -0.497 e. The largest absolute Gasteiger partial charge is 0.497 e. The summed E-state index contributed by atoms with van der Waals surface area (Å²) < 4.78 is 5.03. The fourth-order valence-electron chi connectivity index (χ4n) is 0.900. The van der Waals surface area contributed by atoms with E-state index in [2.05, 4.69) is 18.3 Å². The standard InChI is InChI=1S/C8H12N2O.C2H2/c1-11-8-4-2-3-7(5-8)6-10-9;1-2/h2-5,10H,6,9H2,1H3;1-2H. The van der Waals surface area contributed by atoms with Gasteiger partial charge >= 0.3 is 0 Å². The molecule has 0 saturated heterocycles. The number of nitrogens with one attached hydrogen (secondary N) is 1. The molecule has 3 N–H and O–H groups in total. The average molecular weight is 178 g/mol. The lowest BCUT2D eigenvalue weighted by Crippen LogP contribution is -2.20. The molecule has 0 spiro atoms. The molecule has 0 aliphatic rings. The molecule has 0 radical (unpaired) electrons. The lowest BCUT2D eigenvalue weighted by atomic mass is 10.2. The summed E-state index contributed by atoms with van der Waals surface area (Å²) in [6, 6.07) is 7.77. The van der Waals surface area contributed by atoms with Crippen LogP contribution >= 0.6 is 0 Å². The average Bonchev–Trinajstić information content (AvgIpc) is 2.22. The minimum atomic E-state index is 0.664. The third kappa shape index (κ3) is 4.16. The normalized spacial score (nSPS) is 8.31. The zero-order valence-electron chi connectivity index (χ0n) is 7.66. The number of hydrazine groups is 1. The minimum absolute atomic E-state index is 0.664. The van der Waals surface area contributed by atoms with Gasteiger partial charge in [-0.15, -0.1) is 12.8 Å². The van der Waals surface area contributed by atoms with E-state index >= 15 is 0 Å². The van der Waals surface area contributed by atoms with E-state index in [1.54, 1.807) is 7.11 Å². The van der Waals surface area contributed by atoms with Crippen molar-refractivity contribution in [1.29, 1.82) is 0 Å². The van der Waals surface area contributed by atoms with Gasteiger partial charge in [0.05, 0.1) is 7.11 Å². The smallest absolute Gasteiger partial charge is 0.119 e. The van der Waals surface area contributed by atoms with E-state index < -0.39 is 0 Å². The number of methoxy groups -OCH3 is 1. The van der Waals surface area contributed by atoms with E-state index in [-0.39, 0.29) is 0 Å². The van der Waals surface area contributed by atoms with Crippen molar-refractivity contribution in [1.82, 2.24) is 5.43 Å². The van der Waals surface area contributed by atoms with Gasteiger partial charge in [-0.05, 0) is 17.7 Å². The van der Waals surface area contributed by atoms with Crippen molar-refractivity contribution < 1.29 is 4.74 Å². The van der Waals surface area contributed by atoms with Gasteiger partial charge in [-0.1, -0.05) is 12.1 Å². The van der Waals surface area contributed by atoms with Crippen LogP contribution in [0.1, 0.15) is 5.56 Å². The lowest BCUT2D eigenvalue weighted by molar-refractivity contribution is 0.414. The summed E-state index contributed by atoms with van der Waals surface area (Å²) in [5, 5.41) is 0. The Kier molecular flexibility index (Phi) is 6.34. The second kappa shape index (κ2) is 7.17. The maximum absolute atomic E-state index is 5.16. The Labute approximate surface area is 78.9 Å².